The maximum atomic E-state index is 12.3. The van der Waals surface area contributed by atoms with Crippen LogP contribution in [0.1, 0.15) is 15.9 Å². The van der Waals surface area contributed by atoms with Crippen molar-refractivity contribution in [1.29, 1.82) is 0 Å². The Hall–Kier alpha value is -3.19. The number of nitrogens with one attached hydrogen (secondary N) is 2. The minimum atomic E-state index is -0.125. The van der Waals surface area contributed by atoms with Gasteiger partial charge < -0.3 is 15.0 Å². The highest BCUT2D eigenvalue weighted by Crippen LogP contribution is 2.23. The highest BCUT2D eigenvalue weighted by molar-refractivity contribution is 7.11. The molecule has 4 aromatic rings. The molecule has 124 valence electrons. The zero-order chi connectivity index (χ0) is 17.1. The molecule has 0 aliphatic carbocycles. The van der Waals surface area contributed by atoms with Crippen molar-refractivity contribution in [2.24, 2.45) is 0 Å². The van der Waals surface area contributed by atoms with E-state index in [1.165, 1.54) is 11.3 Å². The van der Waals surface area contributed by atoms with Crippen LogP contribution in [-0.2, 0) is 6.54 Å². The molecular formula is C18H14N4O2S. The molecule has 0 aliphatic rings. The summed E-state index contributed by atoms with van der Waals surface area (Å²) in [4.78, 5) is 23.5. The molecule has 7 heteroatoms. The van der Waals surface area contributed by atoms with Crippen LogP contribution < -0.4 is 10.1 Å². The van der Waals surface area contributed by atoms with Crippen molar-refractivity contribution in [3.63, 3.8) is 0 Å². The van der Waals surface area contributed by atoms with Gasteiger partial charge in [0.1, 0.15) is 5.75 Å². The summed E-state index contributed by atoms with van der Waals surface area (Å²) in [7, 11) is 0. The molecule has 2 aromatic heterocycles. The fraction of sp³-hybridized carbons (Fsp3) is 0.0556. The zero-order valence-electron chi connectivity index (χ0n) is 13.1. The summed E-state index contributed by atoms with van der Waals surface area (Å²) in [6, 6.07) is 12.9. The lowest BCUT2D eigenvalue weighted by Crippen LogP contribution is -2.22. The molecule has 0 spiro atoms. The van der Waals surface area contributed by atoms with Crippen LogP contribution in [0, 0.1) is 0 Å². The van der Waals surface area contributed by atoms with Crippen LogP contribution in [0.2, 0.25) is 0 Å². The smallest absolute Gasteiger partial charge is 0.278 e. The second-order valence-electron chi connectivity index (χ2n) is 5.36. The van der Waals surface area contributed by atoms with Gasteiger partial charge >= 0.3 is 0 Å². The van der Waals surface area contributed by atoms with E-state index in [2.05, 4.69) is 20.3 Å². The van der Waals surface area contributed by atoms with Gasteiger partial charge in [0.15, 0.2) is 0 Å². The summed E-state index contributed by atoms with van der Waals surface area (Å²) in [6.45, 7) is 0.442. The first-order valence-corrected chi connectivity index (χ1v) is 8.53. The molecule has 0 saturated carbocycles. The number of thiazole rings is 1. The second-order valence-corrected chi connectivity index (χ2v) is 6.22. The molecule has 0 radical (unpaired) electrons. The standard InChI is InChI=1S/C18H14N4O2S/c23-17(13-3-6-15-16(9-13)22-11-21-15)20-10-12-1-4-14(5-2-12)24-18-19-7-8-25-18/h1-9,11H,10H2,(H,20,23)(H,21,22). The maximum Gasteiger partial charge on any atom is 0.278 e. The number of carbonyl (C=O) groups excluding carboxylic acids is 1. The van der Waals surface area contributed by atoms with Gasteiger partial charge in [-0.1, -0.05) is 23.5 Å². The second kappa shape index (κ2) is 6.74. The SMILES string of the molecule is O=C(NCc1ccc(Oc2nccs2)cc1)c1ccc2nc[nH]c2c1. The van der Waals surface area contributed by atoms with Crippen molar-refractivity contribution >= 4 is 28.3 Å². The number of nitrogens with zero attached hydrogens (tertiary/aromatic N) is 2. The highest BCUT2D eigenvalue weighted by atomic mass is 32.1. The molecule has 0 unspecified atom stereocenters. The number of amides is 1. The largest absolute Gasteiger partial charge is 0.431 e. The van der Waals surface area contributed by atoms with E-state index in [0.717, 1.165) is 22.3 Å². The summed E-state index contributed by atoms with van der Waals surface area (Å²) in [5, 5.41) is 5.38. The molecule has 0 fully saturated rings. The lowest BCUT2D eigenvalue weighted by Gasteiger charge is -2.07. The van der Waals surface area contributed by atoms with E-state index in [0.29, 0.717) is 17.3 Å². The third-order valence-electron chi connectivity index (χ3n) is 3.67. The van der Waals surface area contributed by atoms with Gasteiger partial charge in [-0.15, -0.1) is 0 Å². The third kappa shape index (κ3) is 3.51. The Balaban J connectivity index is 1.37. The lowest BCUT2D eigenvalue weighted by molar-refractivity contribution is 0.0951. The van der Waals surface area contributed by atoms with Gasteiger partial charge in [0.2, 0.25) is 0 Å². The van der Waals surface area contributed by atoms with E-state index in [9.17, 15) is 4.79 Å². The zero-order valence-corrected chi connectivity index (χ0v) is 13.9. The van der Waals surface area contributed by atoms with E-state index in [4.69, 9.17) is 4.74 Å². The number of H-pyrrole nitrogens is 1. The number of ether oxygens (including phenoxy) is 1. The van der Waals surface area contributed by atoms with Crippen molar-refractivity contribution in [3.05, 3.63) is 71.5 Å². The van der Waals surface area contributed by atoms with Crippen LogP contribution >= 0.6 is 11.3 Å². The monoisotopic (exact) mass is 350 g/mol. The molecule has 0 aliphatic heterocycles. The van der Waals surface area contributed by atoms with Crippen LogP contribution in [0.3, 0.4) is 0 Å². The molecule has 6 nitrogen and oxygen atoms in total. The van der Waals surface area contributed by atoms with Gasteiger partial charge in [0.05, 0.1) is 17.4 Å². The Morgan fingerprint density at radius 1 is 1.16 bits per heavy atom. The number of carbonyl (C=O) groups is 1. The average Bonchev–Trinajstić information content (AvgIpc) is 3.31. The van der Waals surface area contributed by atoms with Gasteiger partial charge in [-0.05, 0) is 35.9 Å². The normalized spacial score (nSPS) is 10.7. The van der Waals surface area contributed by atoms with Crippen LogP contribution in [0.5, 0.6) is 10.9 Å². The molecule has 1 amide bonds. The van der Waals surface area contributed by atoms with Crippen molar-refractivity contribution in [2.45, 2.75) is 6.54 Å². The van der Waals surface area contributed by atoms with Crippen LogP contribution in [0.15, 0.2) is 60.4 Å². The van der Waals surface area contributed by atoms with Gasteiger partial charge in [0, 0.05) is 23.7 Å². The molecule has 2 heterocycles. The summed E-state index contributed by atoms with van der Waals surface area (Å²) < 4.78 is 5.61. The number of hydrogen-bond donors (Lipinski definition) is 2. The van der Waals surface area contributed by atoms with Crippen LogP contribution in [-0.4, -0.2) is 20.9 Å². The minimum Gasteiger partial charge on any atom is -0.431 e. The molecule has 0 saturated heterocycles. The number of imidazole rings is 1. The number of benzene rings is 2. The first-order chi connectivity index (χ1) is 12.3. The van der Waals surface area contributed by atoms with Crippen LogP contribution in [0.4, 0.5) is 0 Å². The number of fused-ring (bicyclic) bond motifs is 1. The summed E-state index contributed by atoms with van der Waals surface area (Å²) in [5.41, 5.74) is 3.27. The molecule has 0 atom stereocenters. The van der Waals surface area contributed by atoms with Crippen molar-refractivity contribution in [3.8, 4) is 10.9 Å². The van der Waals surface area contributed by atoms with Crippen LogP contribution in [0.25, 0.3) is 11.0 Å². The topological polar surface area (TPSA) is 79.9 Å². The average molecular weight is 350 g/mol. The van der Waals surface area contributed by atoms with E-state index >= 15 is 0 Å². The molecule has 0 bridgehead atoms. The fourth-order valence-corrected chi connectivity index (χ4v) is 2.90. The summed E-state index contributed by atoms with van der Waals surface area (Å²) in [6.07, 6.45) is 3.31. The summed E-state index contributed by atoms with van der Waals surface area (Å²) >= 11 is 1.44. The fourth-order valence-electron chi connectivity index (χ4n) is 2.40. The van der Waals surface area contributed by atoms with E-state index in [-0.39, 0.29) is 5.91 Å². The molecule has 4 rings (SSSR count). The van der Waals surface area contributed by atoms with Gasteiger partial charge in [-0.3, -0.25) is 4.79 Å². The van der Waals surface area contributed by atoms with E-state index < -0.39 is 0 Å². The predicted molar refractivity (Wildman–Crippen MR) is 95.9 cm³/mol. The lowest BCUT2D eigenvalue weighted by atomic mass is 10.1. The predicted octanol–water partition coefficient (Wildman–Crippen LogP) is 3.74. The summed E-state index contributed by atoms with van der Waals surface area (Å²) in [5.74, 6) is 0.592. The third-order valence-corrected chi connectivity index (χ3v) is 4.32. The minimum absolute atomic E-state index is 0.125. The van der Waals surface area contributed by atoms with Crippen molar-refractivity contribution in [1.82, 2.24) is 20.3 Å². The van der Waals surface area contributed by atoms with Gasteiger partial charge in [0.25, 0.3) is 11.1 Å². The number of aromatic amines is 1. The van der Waals surface area contributed by atoms with Crippen molar-refractivity contribution in [2.75, 3.05) is 0 Å². The Labute approximate surface area is 147 Å². The van der Waals surface area contributed by atoms with E-state index in [1.807, 2.05) is 35.7 Å². The first-order valence-electron chi connectivity index (χ1n) is 7.65. The van der Waals surface area contributed by atoms with E-state index in [1.54, 1.807) is 24.7 Å². The Kier molecular flexibility index (Phi) is 4.14. The van der Waals surface area contributed by atoms with Gasteiger partial charge in [-0.2, -0.15) is 0 Å². The quantitative estimate of drug-likeness (QED) is 0.574. The molecular weight excluding hydrogens is 336 g/mol. The number of hydrogen-bond acceptors (Lipinski definition) is 5. The molecule has 2 aromatic carbocycles. The number of aromatic nitrogens is 3. The number of rotatable bonds is 5. The maximum absolute atomic E-state index is 12.3. The van der Waals surface area contributed by atoms with Crippen molar-refractivity contribution < 1.29 is 9.53 Å². The first kappa shape index (κ1) is 15.3. The molecule has 2 N–H and O–H groups in total. The Morgan fingerprint density at radius 3 is 2.84 bits per heavy atom. The van der Waals surface area contributed by atoms with Gasteiger partial charge in [-0.25, -0.2) is 9.97 Å². The molecule has 25 heavy (non-hydrogen) atoms. The highest BCUT2D eigenvalue weighted by Gasteiger charge is 2.07. The Morgan fingerprint density at radius 2 is 2.04 bits per heavy atom. The Bertz CT molecular complexity index is 994.